The lowest BCUT2D eigenvalue weighted by Gasteiger charge is -2.18. The van der Waals surface area contributed by atoms with Crippen LogP contribution in [0.1, 0.15) is 46.4 Å². The Morgan fingerprint density at radius 2 is 1.86 bits per heavy atom. The van der Waals surface area contributed by atoms with Crippen LogP contribution in [0.2, 0.25) is 0 Å². The number of amides is 2. The highest BCUT2D eigenvalue weighted by Gasteiger charge is 2.20. The van der Waals surface area contributed by atoms with Gasteiger partial charge in [-0.1, -0.05) is 11.3 Å². The fourth-order valence-corrected chi connectivity index (χ4v) is 2.78. The Balaban J connectivity index is 2.13. The van der Waals surface area contributed by atoms with Crippen molar-refractivity contribution >= 4 is 40.1 Å². The number of anilines is 2. The van der Waals surface area contributed by atoms with Crippen LogP contribution in [0.4, 0.5) is 20.0 Å². The van der Waals surface area contributed by atoms with Crippen molar-refractivity contribution in [3.63, 3.8) is 0 Å². The quantitative estimate of drug-likeness (QED) is 0.740. The Bertz CT molecular complexity index is 920. The van der Waals surface area contributed by atoms with Crippen molar-refractivity contribution in [2.45, 2.75) is 33.3 Å². The van der Waals surface area contributed by atoms with Crippen molar-refractivity contribution in [3.05, 3.63) is 40.2 Å². The molecule has 2 rings (SSSR count). The molecule has 1 aromatic heterocycles. The van der Waals surface area contributed by atoms with Gasteiger partial charge in [-0.25, -0.2) is 19.0 Å². The van der Waals surface area contributed by atoms with E-state index >= 15 is 0 Å². The van der Waals surface area contributed by atoms with Gasteiger partial charge in [-0.15, -0.1) is 0 Å². The van der Waals surface area contributed by atoms with E-state index < -0.39 is 29.4 Å². The minimum Gasteiger partial charge on any atom is -0.465 e. The Labute approximate surface area is 165 Å². The maximum Gasteiger partial charge on any atom is 0.413 e. The zero-order valence-corrected chi connectivity index (χ0v) is 16.8. The lowest BCUT2D eigenvalue weighted by atomic mass is 10.1. The summed E-state index contributed by atoms with van der Waals surface area (Å²) in [6.07, 6.45) is 0.596. The van der Waals surface area contributed by atoms with E-state index in [-0.39, 0.29) is 21.3 Å². The number of thiazole rings is 1. The molecule has 0 aliphatic rings. The molecular weight excluding hydrogens is 389 g/mol. The maximum atomic E-state index is 13.9. The fourth-order valence-electron chi connectivity index (χ4n) is 2.09. The Morgan fingerprint density at radius 1 is 1.18 bits per heavy atom. The summed E-state index contributed by atoms with van der Waals surface area (Å²) in [6, 6.07) is 2.33. The molecular formula is C18H20FN3O5S. The van der Waals surface area contributed by atoms with Crippen LogP contribution < -0.4 is 10.6 Å². The molecule has 0 unspecified atom stereocenters. The van der Waals surface area contributed by atoms with Crippen LogP contribution >= 0.6 is 11.3 Å². The molecule has 10 heteroatoms. The first-order chi connectivity index (χ1) is 13.0. The number of aryl methyl sites for hydroxylation is 1. The standard InChI is InChI=1S/C18H20FN3O5S/c1-9-6-11(19)10(15(24)26-5)7-12(9)21-14(23)13-8-20-16(28-13)22-17(25)27-18(2,3)4/h6-8H,1-5H3,(H,21,23)(H,20,22,25). The van der Waals surface area contributed by atoms with E-state index in [2.05, 4.69) is 20.4 Å². The summed E-state index contributed by atoms with van der Waals surface area (Å²) in [4.78, 5) is 40.0. The minimum atomic E-state index is -0.852. The number of carbonyl (C=O) groups excluding carboxylic acids is 3. The lowest BCUT2D eigenvalue weighted by molar-refractivity contribution is 0.0593. The van der Waals surface area contributed by atoms with Gasteiger partial charge in [0.25, 0.3) is 5.91 Å². The molecule has 0 atom stereocenters. The van der Waals surface area contributed by atoms with Gasteiger partial charge >= 0.3 is 12.1 Å². The molecule has 1 heterocycles. The van der Waals surface area contributed by atoms with Crippen LogP contribution in [-0.4, -0.2) is 35.7 Å². The van der Waals surface area contributed by atoms with Gasteiger partial charge in [0, 0.05) is 5.69 Å². The van der Waals surface area contributed by atoms with E-state index in [1.807, 2.05) is 0 Å². The third-order valence-corrected chi connectivity index (χ3v) is 4.22. The molecule has 0 saturated heterocycles. The predicted molar refractivity (Wildman–Crippen MR) is 102 cm³/mol. The summed E-state index contributed by atoms with van der Waals surface area (Å²) in [6.45, 7) is 6.75. The van der Waals surface area contributed by atoms with Crippen LogP contribution in [0.5, 0.6) is 0 Å². The summed E-state index contributed by atoms with van der Waals surface area (Å²) in [7, 11) is 1.14. The number of ether oxygens (including phenoxy) is 2. The van der Waals surface area contributed by atoms with E-state index in [9.17, 15) is 18.8 Å². The Hall–Kier alpha value is -3.01. The lowest BCUT2D eigenvalue weighted by Crippen LogP contribution is -2.27. The Kier molecular flexibility index (Phi) is 6.34. The number of hydrogen-bond donors (Lipinski definition) is 2. The maximum absolute atomic E-state index is 13.9. The van der Waals surface area contributed by atoms with Crippen molar-refractivity contribution < 1.29 is 28.2 Å². The molecule has 8 nitrogen and oxygen atoms in total. The first-order valence-corrected chi connectivity index (χ1v) is 8.97. The molecule has 1 aromatic carbocycles. The number of aromatic nitrogens is 1. The topological polar surface area (TPSA) is 107 Å². The van der Waals surface area contributed by atoms with Crippen molar-refractivity contribution in [2.75, 3.05) is 17.7 Å². The highest BCUT2D eigenvalue weighted by molar-refractivity contribution is 7.17. The second-order valence-electron chi connectivity index (χ2n) is 6.75. The molecule has 0 aliphatic heterocycles. The van der Waals surface area contributed by atoms with Gasteiger partial charge in [0.1, 0.15) is 16.3 Å². The third-order valence-electron chi connectivity index (χ3n) is 3.30. The zero-order chi connectivity index (χ0) is 21.1. The molecule has 0 aliphatic carbocycles. The molecule has 0 saturated carbocycles. The van der Waals surface area contributed by atoms with E-state index in [1.54, 1.807) is 27.7 Å². The van der Waals surface area contributed by atoms with Gasteiger partial charge in [-0.3, -0.25) is 10.1 Å². The number of halogens is 1. The first kappa shape index (κ1) is 21.3. The summed E-state index contributed by atoms with van der Waals surface area (Å²) >= 11 is 0.938. The number of rotatable bonds is 4. The highest BCUT2D eigenvalue weighted by atomic mass is 32.1. The molecule has 2 N–H and O–H groups in total. The number of esters is 1. The first-order valence-electron chi connectivity index (χ1n) is 8.16. The number of nitrogens with zero attached hydrogens (tertiary/aromatic N) is 1. The summed E-state index contributed by atoms with van der Waals surface area (Å²) in [5, 5.41) is 5.22. The smallest absolute Gasteiger partial charge is 0.413 e. The van der Waals surface area contributed by atoms with Gasteiger partial charge in [0.15, 0.2) is 5.13 Å². The van der Waals surface area contributed by atoms with Crippen LogP contribution in [0.3, 0.4) is 0 Å². The Morgan fingerprint density at radius 3 is 2.46 bits per heavy atom. The molecule has 2 amide bonds. The van der Waals surface area contributed by atoms with Crippen LogP contribution in [0, 0.1) is 12.7 Å². The van der Waals surface area contributed by atoms with E-state index in [1.165, 1.54) is 12.3 Å². The average molecular weight is 409 g/mol. The van der Waals surface area contributed by atoms with E-state index in [4.69, 9.17) is 4.74 Å². The van der Waals surface area contributed by atoms with Crippen LogP contribution in [0.25, 0.3) is 0 Å². The second kappa shape index (κ2) is 8.34. The van der Waals surface area contributed by atoms with Crippen molar-refractivity contribution in [2.24, 2.45) is 0 Å². The molecule has 150 valence electrons. The summed E-state index contributed by atoms with van der Waals surface area (Å²) in [5.41, 5.74) is -0.282. The summed E-state index contributed by atoms with van der Waals surface area (Å²) in [5.74, 6) is -2.13. The molecule has 28 heavy (non-hydrogen) atoms. The van der Waals surface area contributed by atoms with Gasteiger partial charge in [-0.05, 0) is 45.4 Å². The number of carbonyl (C=O) groups is 3. The van der Waals surface area contributed by atoms with Crippen LogP contribution in [-0.2, 0) is 9.47 Å². The van der Waals surface area contributed by atoms with Crippen molar-refractivity contribution in [1.82, 2.24) is 4.98 Å². The highest BCUT2D eigenvalue weighted by Crippen LogP contribution is 2.24. The molecule has 2 aromatic rings. The molecule has 0 fully saturated rings. The van der Waals surface area contributed by atoms with Gasteiger partial charge in [-0.2, -0.15) is 0 Å². The van der Waals surface area contributed by atoms with Crippen molar-refractivity contribution in [1.29, 1.82) is 0 Å². The predicted octanol–water partition coefficient (Wildman–Crippen LogP) is 3.98. The van der Waals surface area contributed by atoms with Gasteiger partial charge in [0.05, 0.1) is 18.9 Å². The van der Waals surface area contributed by atoms with Crippen molar-refractivity contribution in [3.8, 4) is 0 Å². The number of nitrogens with one attached hydrogen (secondary N) is 2. The third kappa shape index (κ3) is 5.49. The summed E-state index contributed by atoms with van der Waals surface area (Å²) < 4.78 is 23.5. The number of methoxy groups -OCH3 is 1. The second-order valence-corrected chi connectivity index (χ2v) is 7.78. The number of hydrogen-bond acceptors (Lipinski definition) is 7. The molecule has 0 radical (unpaired) electrons. The van der Waals surface area contributed by atoms with Gasteiger partial charge < -0.3 is 14.8 Å². The minimum absolute atomic E-state index is 0.186. The SMILES string of the molecule is COC(=O)c1cc(NC(=O)c2cnc(NC(=O)OC(C)(C)C)s2)c(C)cc1F. The average Bonchev–Trinajstić information content (AvgIpc) is 3.03. The van der Waals surface area contributed by atoms with E-state index in [0.29, 0.717) is 5.56 Å². The molecule has 0 spiro atoms. The van der Waals surface area contributed by atoms with Gasteiger partial charge in [0.2, 0.25) is 0 Å². The van der Waals surface area contributed by atoms with Crippen LogP contribution in [0.15, 0.2) is 18.3 Å². The number of benzene rings is 1. The molecule has 0 bridgehead atoms. The fraction of sp³-hybridized carbons (Fsp3) is 0.333. The monoisotopic (exact) mass is 409 g/mol. The zero-order valence-electron chi connectivity index (χ0n) is 16.0. The normalized spacial score (nSPS) is 10.9. The van der Waals surface area contributed by atoms with E-state index in [0.717, 1.165) is 24.5 Å². The largest absolute Gasteiger partial charge is 0.465 e.